The van der Waals surface area contributed by atoms with E-state index in [1.807, 2.05) is 0 Å². The van der Waals surface area contributed by atoms with Crippen molar-refractivity contribution >= 4 is 11.6 Å². The van der Waals surface area contributed by atoms with E-state index < -0.39 is 0 Å². The highest BCUT2D eigenvalue weighted by Gasteiger charge is 2.36. The Morgan fingerprint density at radius 3 is 2.79 bits per heavy atom. The Labute approximate surface area is 120 Å². The SMILES string of the molecule is CC1(C)CCCCC1C(N)Cc1ccc(Cl)cc1F. The van der Waals surface area contributed by atoms with Gasteiger partial charge in [0, 0.05) is 11.1 Å². The molecule has 2 atom stereocenters. The van der Waals surface area contributed by atoms with Gasteiger partial charge in [-0.15, -0.1) is 0 Å². The summed E-state index contributed by atoms with van der Waals surface area (Å²) in [7, 11) is 0. The second-order valence-electron chi connectivity index (χ2n) is 6.44. The van der Waals surface area contributed by atoms with E-state index in [2.05, 4.69) is 13.8 Å². The summed E-state index contributed by atoms with van der Waals surface area (Å²) in [5, 5.41) is 0.438. The van der Waals surface area contributed by atoms with Crippen molar-refractivity contribution in [3.8, 4) is 0 Å². The van der Waals surface area contributed by atoms with Crippen molar-refractivity contribution in [1.29, 1.82) is 0 Å². The van der Waals surface area contributed by atoms with Crippen molar-refractivity contribution in [3.63, 3.8) is 0 Å². The zero-order chi connectivity index (χ0) is 14.0. The number of hydrogen-bond acceptors (Lipinski definition) is 1. The maximum atomic E-state index is 13.8. The van der Waals surface area contributed by atoms with Crippen LogP contribution in [-0.4, -0.2) is 6.04 Å². The molecule has 0 aliphatic heterocycles. The molecule has 1 saturated carbocycles. The van der Waals surface area contributed by atoms with Gasteiger partial charge in [0.2, 0.25) is 0 Å². The smallest absolute Gasteiger partial charge is 0.127 e. The van der Waals surface area contributed by atoms with E-state index in [-0.39, 0.29) is 17.3 Å². The number of hydrogen-bond donors (Lipinski definition) is 1. The van der Waals surface area contributed by atoms with Crippen LogP contribution in [0.25, 0.3) is 0 Å². The van der Waals surface area contributed by atoms with E-state index in [1.165, 1.54) is 25.3 Å². The fourth-order valence-electron chi connectivity index (χ4n) is 3.40. The zero-order valence-corrected chi connectivity index (χ0v) is 12.5. The quantitative estimate of drug-likeness (QED) is 0.864. The summed E-state index contributed by atoms with van der Waals surface area (Å²) in [5.74, 6) is 0.230. The van der Waals surface area contributed by atoms with E-state index in [4.69, 9.17) is 17.3 Å². The molecular weight excluding hydrogens is 261 g/mol. The lowest BCUT2D eigenvalue weighted by atomic mass is 9.65. The molecule has 106 valence electrons. The molecule has 0 radical (unpaired) electrons. The van der Waals surface area contributed by atoms with E-state index >= 15 is 0 Å². The molecule has 1 nitrogen and oxygen atoms in total. The van der Waals surface area contributed by atoms with Crippen LogP contribution in [-0.2, 0) is 6.42 Å². The molecule has 1 aliphatic rings. The Bertz CT molecular complexity index is 444. The Morgan fingerprint density at radius 2 is 2.16 bits per heavy atom. The molecule has 3 heteroatoms. The third-order valence-corrected chi connectivity index (χ3v) is 4.81. The Morgan fingerprint density at radius 1 is 1.42 bits per heavy atom. The molecule has 2 rings (SSSR count). The minimum Gasteiger partial charge on any atom is -0.327 e. The largest absolute Gasteiger partial charge is 0.327 e. The second kappa shape index (κ2) is 5.80. The molecule has 1 fully saturated rings. The maximum absolute atomic E-state index is 13.8. The minimum absolute atomic E-state index is 0.0194. The van der Waals surface area contributed by atoms with Crippen LogP contribution in [0.3, 0.4) is 0 Å². The Kier molecular flexibility index (Phi) is 4.52. The summed E-state index contributed by atoms with van der Waals surface area (Å²) in [6.45, 7) is 4.57. The van der Waals surface area contributed by atoms with Gasteiger partial charge < -0.3 is 5.73 Å². The Balaban J connectivity index is 2.09. The van der Waals surface area contributed by atoms with Crippen LogP contribution in [0.1, 0.15) is 45.1 Å². The van der Waals surface area contributed by atoms with E-state index in [1.54, 1.807) is 12.1 Å². The first-order valence-electron chi connectivity index (χ1n) is 7.09. The third kappa shape index (κ3) is 3.49. The molecule has 0 aromatic heterocycles. The lowest BCUT2D eigenvalue weighted by Gasteiger charge is -2.42. The van der Waals surface area contributed by atoms with Crippen LogP contribution in [0, 0.1) is 17.2 Å². The van der Waals surface area contributed by atoms with Crippen LogP contribution in [0.2, 0.25) is 5.02 Å². The number of rotatable bonds is 3. The fourth-order valence-corrected chi connectivity index (χ4v) is 3.56. The van der Waals surface area contributed by atoms with E-state index in [9.17, 15) is 4.39 Å². The van der Waals surface area contributed by atoms with Gasteiger partial charge in [0.1, 0.15) is 5.82 Å². The van der Waals surface area contributed by atoms with Crippen LogP contribution < -0.4 is 5.73 Å². The first-order chi connectivity index (χ1) is 8.90. The first-order valence-corrected chi connectivity index (χ1v) is 7.47. The summed E-state index contributed by atoms with van der Waals surface area (Å²) in [6.07, 6.45) is 5.49. The van der Waals surface area contributed by atoms with Crippen molar-refractivity contribution in [1.82, 2.24) is 0 Å². The standard InChI is InChI=1S/C16H23ClFN/c1-16(2)8-4-3-5-13(16)15(19)9-11-6-7-12(17)10-14(11)18/h6-7,10,13,15H,3-5,8-9,19H2,1-2H3. The highest BCUT2D eigenvalue weighted by atomic mass is 35.5. The molecule has 1 aliphatic carbocycles. The number of nitrogens with two attached hydrogens (primary N) is 1. The van der Waals surface area contributed by atoms with Gasteiger partial charge in [-0.05, 0) is 48.3 Å². The highest BCUT2D eigenvalue weighted by Crippen LogP contribution is 2.42. The van der Waals surface area contributed by atoms with Crippen molar-refractivity contribution in [2.45, 2.75) is 52.0 Å². The lowest BCUT2D eigenvalue weighted by molar-refractivity contribution is 0.112. The molecule has 0 heterocycles. The number of halogens is 2. The molecular formula is C16H23ClFN. The van der Waals surface area contributed by atoms with Crippen molar-refractivity contribution in [2.24, 2.45) is 17.1 Å². The van der Waals surface area contributed by atoms with Gasteiger partial charge in [-0.3, -0.25) is 0 Å². The van der Waals surface area contributed by atoms with Crippen molar-refractivity contribution in [3.05, 3.63) is 34.6 Å². The summed E-state index contributed by atoms with van der Waals surface area (Å²) >= 11 is 5.78. The van der Waals surface area contributed by atoms with Crippen LogP contribution in [0.15, 0.2) is 18.2 Å². The summed E-state index contributed by atoms with van der Waals surface area (Å²) in [6, 6.07) is 4.88. The first kappa shape index (κ1) is 14.8. The molecule has 1 aromatic rings. The van der Waals surface area contributed by atoms with Gasteiger partial charge in [-0.25, -0.2) is 4.39 Å². The maximum Gasteiger partial charge on any atom is 0.127 e. The Hall–Kier alpha value is -0.600. The predicted octanol–water partition coefficient (Wildman–Crippen LogP) is 4.57. The van der Waals surface area contributed by atoms with Gasteiger partial charge in [-0.2, -0.15) is 0 Å². The molecule has 0 bridgehead atoms. The summed E-state index contributed by atoms with van der Waals surface area (Å²) in [4.78, 5) is 0. The molecule has 1 aromatic carbocycles. The van der Waals surface area contributed by atoms with Gasteiger partial charge in [0.15, 0.2) is 0 Å². The summed E-state index contributed by atoms with van der Waals surface area (Å²) in [5.41, 5.74) is 7.31. The van der Waals surface area contributed by atoms with Crippen molar-refractivity contribution in [2.75, 3.05) is 0 Å². The molecule has 0 amide bonds. The average Bonchev–Trinajstić information content (AvgIpc) is 2.32. The van der Waals surface area contributed by atoms with Crippen LogP contribution in [0.5, 0.6) is 0 Å². The van der Waals surface area contributed by atoms with Gasteiger partial charge in [-0.1, -0.05) is 44.4 Å². The lowest BCUT2D eigenvalue weighted by Crippen LogP contribution is -2.43. The predicted molar refractivity (Wildman–Crippen MR) is 78.8 cm³/mol. The molecule has 2 N–H and O–H groups in total. The fraction of sp³-hybridized carbons (Fsp3) is 0.625. The third-order valence-electron chi connectivity index (χ3n) is 4.58. The number of benzene rings is 1. The highest BCUT2D eigenvalue weighted by molar-refractivity contribution is 6.30. The summed E-state index contributed by atoms with van der Waals surface area (Å²) < 4.78 is 13.8. The second-order valence-corrected chi connectivity index (χ2v) is 6.88. The van der Waals surface area contributed by atoms with Gasteiger partial charge >= 0.3 is 0 Å². The molecule has 0 saturated heterocycles. The van der Waals surface area contributed by atoms with E-state index in [0.29, 0.717) is 22.9 Å². The normalized spacial score (nSPS) is 24.2. The topological polar surface area (TPSA) is 26.0 Å². The average molecular weight is 284 g/mol. The van der Waals surface area contributed by atoms with Gasteiger partial charge in [0.05, 0.1) is 0 Å². The molecule has 19 heavy (non-hydrogen) atoms. The van der Waals surface area contributed by atoms with Crippen molar-refractivity contribution < 1.29 is 4.39 Å². The minimum atomic E-state index is -0.239. The van der Waals surface area contributed by atoms with Crippen LogP contribution >= 0.6 is 11.6 Å². The molecule has 2 unspecified atom stereocenters. The van der Waals surface area contributed by atoms with Gasteiger partial charge in [0.25, 0.3) is 0 Å². The van der Waals surface area contributed by atoms with E-state index in [0.717, 1.165) is 6.42 Å². The van der Waals surface area contributed by atoms with Crippen LogP contribution in [0.4, 0.5) is 4.39 Å². The monoisotopic (exact) mass is 283 g/mol. The molecule has 0 spiro atoms. The zero-order valence-electron chi connectivity index (χ0n) is 11.8.